The molecule has 0 saturated heterocycles. The lowest BCUT2D eigenvalue weighted by atomic mass is 10.2. The summed E-state index contributed by atoms with van der Waals surface area (Å²) in [5, 5.41) is 0. The maximum Gasteiger partial charge on any atom is 0.237 e. The molecule has 0 atom stereocenters. The molecular formula is C14H16N2O3. The Labute approximate surface area is 111 Å². The fraction of sp³-hybridized carbons (Fsp3) is 0.214. The topological polar surface area (TPSA) is 66.6 Å². The van der Waals surface area contributed by atoms with Crippen LogP contribution < -0.4 is 19.9 Å². The standard InChI is InChI=1S/C14H16N2O3/c1-17-12-6-5-10(8-13(12)18-2)9-19-14-11(15)4-3-7-16-14/h3-8H,9,15H2,1-2H3. The van der Waals surface area contributed by atoms with Crippen molar-refractivity contribution in [1.82, 2.24) is 4.98 Å². The molecule has 0 unspecified atom stereocenters. The second kappa shape index (κ2) is 5.95. The number of anilines is 1. The minimum Gasteiger partial charge on any atom is -0.493 e. The highest BCUT2D eigenvalue weighted by molar-refractivity contribution is 5.47. The highest BCUT2D eigenvalue weighted by atomic mass is 16.5. The fourth-order valence-electron chi connectivity index (χ4n) is 1.65. The third-order valence-electron chi connectivity index (χ3n) is 2.62. The van der Waals surface area contributed by atoms with Crippen molar-refractivity contribution in [2.24, 2.45) is 0 Å². The lowest BCUT2D eigenvalue weighted by Crippen LogP contribution is -2.01. The summed E-state index contributed by atoms with van der Waals surface area (Å²) in [5.74, 6) is 1.78. The molecule has 1 aromatic heterocycles. The minimum atomic E-state index is 0.363. The molecule has 100 valence electrons. The van der Waals surface area contributed by atoms with E-state index >= 15 is 0 Å². The number of aromatic nitrogens is 1. The van der Waals surface area contributed by atoms with Crippen LogP contribution in [0.3, 0.4) is 0 Å². The van der Waals surface area contributed by atoms with Crippen molar-refractivity contribution in [1.29, 1.82) is 0 Å². The molecule has 2 aromatic rings. The van der Waals surface area contributed by atoms with Crippen LogP contribution in [0.4, 0.5) is 5.69 Å². The third kappa shape index (κ3) is 3.07. The number of pyridine rings is 1. The summed E-state index contributed by atoms with van der Waals surface area (Å²) in [6.07, 6.45) is 1.64. The van der Waals surface area contributed by atoms with Gasteiger partial charge < -0.3 is 19.9 Å². The van der Waals surface area contributed by atoms with Crippen LogP contribution in [0, 0.1) is 0 Å². The number of ether oxygens (including phenoxy) is 3. The van der Waals surface area contributed by atoms with Crippen LogP contribution in [-0.4, -0.2) is 19.2 Å². The minimum absolute atomic E-state index is 0.363. The Morgan fingerprint density at radius 1 is 1.11 bits per heavy atom. The summed E-state index contributed by atoms with van der Waals surface area (Å²) < 4.78 is 16.0. The van der Waals surface area contributed by atoms with E-state index in [0.29, 0.717) is 29.7 Å². The smallest absolute Gasteiger partial charge is 0.237 e. The van der Waals surface area contributed by atoms with E-state index in [0.717, 1.165) is 5.56 Å². The number of methoxy groups -OCH3 is 2. The van der Waals surface area contributed by atoms with Crippen LogP contribution in [0.2, 0.25) is 0 Å². The summed E-state index contributed by atoms with van der Waals surface area (Å²) >= 11 is 0. The quantitative estimate of drug-likeness (QED) is 0.893. The highest BCUT2D eigenvalue weighted by Gasteiger charge is 2.06. The monoisotopic (exact) mass is 260 g/mol. The van der Waals surface area contributed by atoms with Crippen LogP contribution in [-0.2, 0) is 6.61 Å². The Kier molecular flexibility index (Phi) is 4.07. The third-order valence-corrected chi connectivity index (χ3v) is 2.62. The van der Waals surface area contributed by atoms with Crippen molar-refractivity contribution in [3.05, 3.63) is 42.1 Å². The molecule has 1 aromatic carbocycles. The van der Waals surface area contributed by atoms with E-state index in [9.17, 15) is 0 Å². The summed E-state index contributed by atoms with van der Waals surface area (Å²) in [4.78, 5) is 4.07. The Morgan fingerprint density at radius 3 is 2.58 bits per heavy atom. The molecule has 5 nitrogen and oxygen atoms in total. The van der Waals surface area contributed by atoms with Crippen molar-refractivity contribution >= 4 is 5.69 Å². The van der Waals surface area contributed by atoms with Gasteiger partial charge in [-0.05, 0) is 29.8 Å². The maximum atomic E-state index is 5.75. The van der Waals surface area contributed by atoms with Gasteiger partial charge in [0.1, 0.15) is 6.61 Å². The average Bonchev–Trinajstić information content (AvgIpc) is 2.46. The normalized spacial score (nSPS) is 10.0. The van der Waals surface area contributed by atoms with E-state index in [-0.39, 0.29) is 0 Å². The molecular weight excluding hydrogens is 244 g/mol. The molecule has 0 aliphatic carbocycles. The van der Waals surface area contributed by atoms with Gasteiger partial charge in [0, 0.05) is 6.20 Å². The molecule has 0 aliphatic rings. The molecule has 0 bridgehead atoms. The van der Waals surface area contributed by atoms with Gasteiger partial charge in [0.25, 0.3) is 0 Å². The van der Waals surface area contributed by atoms with Crippen molar-refractivity contribution in [2.45, 2.75) is 6.61 Å². The second-order valence-corrected chi connectivity index (χ2v) is 3.88. The zero-order valence-electron chi connectivity index (χ0n) is 10.9. The Balaban J connectivity index is 2.10. The maximum absolute atomic E-state index is 5.75. The Morgan fingerprint density at radius 2 is 1.89 bits per heavy atom. The largest absolute Gasteiger partial charge is 0.493 e. The summed E-state index contributed by atoms with van der Waals surface area (Å²) in [6, 6.07) is 9.10. The number of nitrogens with two attached hydrogens (primary N) is 1. The number of nitrogens with zero attached hydrogens (tertiary/aromatic N) is 1. The molecule has 0 fully saturated rings. The molecule has 2 N–H and O–H groups in total. The first-order chi connectivity index (χ1) is 9.24. The van der Waals surface area contributed by atoms with E-state index in [4.69, 9.17) is 19.9 Å². The molecule has 0 saturated carbocycles. The van der Waals surface area contributed by atoms with E-state index < -0.39 is 0 Å². The predicted octanol–water partition coefficient (Wildman–Crippen LogP) is 2.26. The molecule has 0 amide bonds. The molecule has 5 heteroatoms. The van der Waals surface area contributed by atoms with Crippen LogP contribution >= 0.6 is 0 Å². The molecule has 0 radical (unpaired) electrons. The summed E-state index contributed by atoms with van der Waals surface area (Å²) in [6.45, 7) is 0.363. The summed E-state index contributed by atoms with van der Waals surface area (Å²) in [5.41, 5.74) is 7.22. The molecule has 0 aliphatic heterocycles. The second-order valence-electron chi connectivity index (χ2n) is 3.88. The molecule has 19 heavy (non-hydrogen) atoms. The van der Waals surface area contributed by atoms with Gasteiger partial charge in [-0.2, -0.15) is 0 Å². The van der Waals surface area contributed by atoms with E-state index in [2.05, 4.69) is 4.98 Å². The van der Waals surface area contributed by atoms with Crippen molar-refractivity contribution in [2.75, 3.05) is 20.0 Å². The van der Waals surface area contributed by atoms with Crippen LogP contribution in [0.5, 0.6) is 17.4 Å². The van der Waals surface area contributed by atoms with Gasteiger partial charge >= 0.3 is 0 Å². The van der Waals surface area contributed by atoms with Gasteiger partial charge in [-0.3, -0.25) is 0 Å². The summed E-state index contributed by atoms with van der Waals surface area (Å²) in [7, 11) is 3.20. The van der Waals surface area contributed by atoms with Gasteiger partial charge in [0.15, 0.2) is 11.5 Å². The zero-order valence-corrected chi connectivity index (χ0v) is 10.9. The first-order valence-corrected chi connectivity index (χ1v) is 5.78. The highest BCUT2D eigenvalue weighted by Crippen LogP contribution is 2.28. The van der Waals surface area contributed by atoms with Crippen LogP contribution in [0.15, 0.2) is 36.5 Å². The average molecular weight is 260 g/mol. The molecule has 1 heterocycles. The van der Waals surface area contributed by atoms with Crippen molar-refractivity contribution < 1.29 is 14.2 Å². The van der Waals surface area contributed by atoms with Crippen LogP contribution in [0.25, 0.3) is 0 Å². The van der Waals surface area contributed by atoms with Crippen molar-refractivity contribution in [3.63, 3.8) is 0 Å². The number of benzene rings is 1. The molecule has 0 spiro atoms. The fourth-order valence-corrected chi connectivity index (χ4v) is 1.65. The number of hydrogen-bond donors (Lipinski definition) is 1. The first kappa shape index (κ1) is 13.0. The Hall–Kier alpha value is -2.43. The lowest BCUT2D eigenvalue weighted by molar-refractivity contribution is 0.294. The van der Waals surface area contributed by atoms with Gasteiger partial charge in [-0.1, -0.05) is 6.07 Å². The van der Waals surface area contributed by atoms with Gasteiger partial charge in [0.05, 0.1) is 19.9 Å². The van der Waals surface area contributed by atoms with E-state index in [1.165, 1.54) is 0 Å². The number of nitrogen functional groups attached to an aromatic ring is 1. The van der Waals surface area contributed by atoms with E-state index in [1.54, 1.807) is 32.5 Å². The Bertz CT molecular complexity index is 558. The van der Waals surface area contributed by atoms with Gasteiger partial charge in [0.2, 0.25) is 5.88 Å². The molecule has 2 rings (SSSR count). The predicted molar refractivity (Wildman–Crippen MR) is 72.5 cm³/mol. The van der Waals surface area contributed by atoms with Gasteiger partial charge in [-0.15, -0.1) is 0 Å². The lowest BCUT2D eigenvalue weighted by Gasteiger charge is -2.11. The zero-order chi connectivity index (χ0) is 13.7. The number of rotatable bonds is 5. The SMILES string of the molecule is COc1ccc(COc2ncccc2N)cc1OC. The van der Waals surface area contributed by atoms with Crippen LogP contribution in [0.1, 0.15) is 5.56 Å². The van der Waals surface area contributed by atoms with Gasteiger partial charge in [-0.25, -0.2) is 4.98 Å². The van der Waals surface area contributed by atoms with E-state index in [1.807, 2.05) is 18.2 Å². The van der Waals surface area contributed by atoms with Crippen molar-refractivity contribution in [3.8, 4) is 17.4 Å². The first-order valence-electron chi connectivity index (χ1n) is 5.78. The number of hydrogen-bond acceptors (Lipinski definition) is 5.